The van der Waals surface area contributed by atoms with E-state index in [0.29, 0.717) is 12.6 Å². The number of amides is 1. The Bertz CT molecular complexity index is 1270. The van der Waals surface area contributed by atoms with Crippen molar-refractivity contribution in [3.63, 3.8) is 0 Å². The summed E-state index contributed by atoms with van der Waals surface area (Å²) >= 11 is 0. The topological polar surface area (TPSA) is 53.9 Å². The van der Waals surface area contributed by atoms with Crippen molar-refractivity contribution < 1.29 is 4.79 Å². The maximum absolute atomic E-state index is 13.6. The largest absolute Gasteiger partial charge is 0.348 e. The average molecular weight is 396 g/mol. The summed E-state index contributed by atoms with van der Waals surface area (Å²) in [6, 6.07) is 17.5. The molecule has 5 nitrogen and oxygen atoms in total. The molecule has 1 atom stereocenters. The number of aromatic nitrogens is 3. The number of nitrogens with one attached hydrogen (secondary N) is 1. The monoisotopic (exact) mass is 396 g/mol. The molecule has 4 aromatic rings. The van der Waals surface area contributed by atoms with Gasteiger partial charge in [-0.2, -0.15) is 0 Å². The zero-order valence-electron chi connectivity index (χ0n) is 17.1. The summed E-state index contributed by atoms with van der Waals surface area (Å²) in [5, 5.41) is 1.11. The van der Waals surface area contributed by atoms with Crippen LogP contribution < -0.4 is 0 Å². The third-order valence-corrected chi connectivity index (χ3v) is 6.79. The summed E-state index contributed by atoms with van der Waals surface area (Å²) in [6.07, 6.45) is 4.70. The lowest BCUT2D eigenvalue weighted by molar-refractivity contribution is 0.0724. The lowest BCUT2D eigenvalue weighted by atomic mass is 9.94. The highest BCUT2D eigenvalue weighted by atomic mass is 16.2. The summed E-state index contributed by atoms with van der Waals surface area (Å²) in [5.41, 5.74) is 8.02. The number of nitrogens with zero attached hydrogens (tertiary/aromatic N) is 3. The van der Waals surface area contributed by atoms with Gasteiger partial charge in [-0.15, -0.1) is 0 Å². The first-order valence-electron chi connectivity index (χ1n) is 10.7. The number of aromatic amines is 1. The number of para-hydroxylation sites is 1. The second-order valence-electron chi connectivity index (χ2n) is 8.42. The maximum Gasteiger partial charge on any atom is 0.256 e. The van der Waals surface area contributed by atoms with Crippen molar-refractivity contribution in [1.82, 2.24) is 19.4 Å². The fourth-order valence-electron chi connectivity index (χ4n) is 5.31. The highest BCUT2D eigenvalue weighted by Gasteiger charge is 2.35. The van der Waals surface area contributed by atoms with Crippen LogP contribution in [0.4, 0.5) is 0 Å². The van der Waals surface area contributed by atoms with Crippen molar-refractivity contribution in [3.05, 3.63) is 88.6 Å². The van der Waals surface area contributed by atoms with E-state index in [-0.39, 0.29) is 5.91 Å². The van der Waals surface area contributed by atoms with Crippen molar-refractivity contribution in [2.45, 2.75) is 38.8 Å². The second-order valence-corrected chi connectivity index (χ2v) is 8.42. The van der Waals surface area contributed by atoms with Crippen molar-refractivity contribution in [2.24, 2.45) is 0 Å². The quantitative estimate of drug-likeness (QED) is 0.558. The van der Waals surface area contributed by atoms with Gasteiger partial charge < -0.3 is 14.5 Å². The number of aryl methyl sites for hydroxylation is 2. The van der Waals surface area contributed by atoms with Crippen LogP contribution in [-0.4, -0.2) is 31.9 Å². The van der Waals surface area contributed by atoms with Gasteiger partial charge in [0.1, 0.15) is 0 Å². The van der Waals surface area contributed by atoms with Crippen LogP contribution in [0.5, 0.6) is 0 Å². The number of H-pyrrole nitrogens is 1. The molecule has 0 saturated carbocycles. The Labute approximate surface area is 175 Å². The normalized spacial score (nSPS) is 18.1. The molecule has 0 radical (unpaired) electrons. The Hall–Kier alpha value is -3.34. The summed E-state index contributed by atoms with van der Waals surface area (Å²) in [5.74, 6) is 0.133. The predicted molar refractivity (Wildman–Crippen MR) is 117 cm³/mol. The number of hydrogen-bond donors (Lipinski definition) is 1. The molecule has 0 aliphatic carbocycles. The van der Waals surface area contributed by atoms with Crippen LogP contribution in [0.1, 0.15) is 51.0 Å². The fourth-order valence-corrected chi connectivity index (χ4v) is 5.31. The van der Waals surface area contributed by atoms with Crippen LogP contribution in [0.25, 0.3) is 10.9 Å². The van der Waals surface area contributed by atoms with Crippen molar-refractivity contribution in [1.29, 1.82) is 0 Å². The van der Waals surface area contributed by atoms with Crippen molar-refractivity contribution >= 4 is 16.8 Å². The van der Waals surface area contributed by atoms with Crippen LogP contribution in [0.2, 0.25) is 0 Å². The van der Waals surface area contributed by atoms with Crippen molar-refractivity contribution in [2.75, 3.05) is 6.54 Å². The van der Waals surface area contributed by atoms with Gasteiger partial charge in [-0.3, -0.25) is 4.79 Å². The molecular formula is C25H24N4O. The number of carbonyl (C=O) groups excluding carboxylic acids is 1. The minimum atomic E-state index is 0.133. The highest BCUT2D eigenvalue weighted by Crippen LogP contribution is 2.42. The Morgan fingerprint density at radius 3 is 2.77 bits per heavy atom. The zero-order valence-corrected chi connectivity index (χ0v) is 17.1. The zero-order chi connectivity index (χ0) is 20.2. The average Bonchev–Trinajstić information content (AvgIpc) is 3.34. The Balaban J connectivity index is 1.50. The van der Waals surface area contributed by atoms with Gasteiger partial charge in [0.15, 0.2) is 0 Å². The SMILES string of the molecule is Cc1[nH]cnc1CN1CCc2c(c3cccc4c3n2C(c2ccccc2)CC4)C1=O. The molecule has 30 heavy (non-hydrogen) atoms. The molecule has 5 heteroatoms. The first-order chi connectivity index (χ1) is 14.7. The summed E-state index contributed by atoms with van der Waals surface area (Å²) in [6.45, 7) is 3.29. The fraction of sp³-hybridized carbons (Fsp3) is 0.280. The number of imidazole rings is 1. The molecule has 2 aromatic carbocycles. The Morgan fingerprint density at radius 1 is 1.10 bits per heavy atom. The summed E-state index contributed by atoms with van der Waals surface area (Å²) in [7, 11) is 0. The van der Waals surface area contributed by atoms with E-state index in [2.05, 4.69) is 63.1 Å². The number of rotatable bonds is 3. The number of benzene rings is 2. The van der Waals surface area contributed by atoms with E-state index in [4.69, 9.17) is 0 Å². The molecule has 2 aliphatic heterocycles. The van der Waals surface area contributed by atoms with Crippen LogP contribution in [-0.2, 0) is 19.4 Å². The van der Waals surface area contributed by atoms with E-state index in [1.807, 2.05) is 11.8 Å². The molecule has 1 N–H and O–H groups in total. The van der Waals surface area contributed by atoms with Gasteiger partial charge in [0, 0.05) is 29.7 Å². The smallest absolute Gasteiger partial charge is 0.256 e. The van der Waals surface area contributed by atoms with Crippen molar-refractivity contribution in [3.8, 4) is 0 Å². The van der Waals surface area contributed by atoms with E-state index >= 15 is 0 Å². The molecule has 2 aliphatic rings. The molecule has 4 heterocycles. The number of carbonyl (C=O) groups is 1. The number of hydrogen-bond acceptors (Lipinski definition) is 2. The van der Waals surface area contributed by atoms with E-state index in [1.54, 1.807) is 6.33 Å². The van der Waals surface area contributed by atoms with Crippen LogP contribution in [0, 0.1) is 6.92 Å². The van der Waals surface area contributed by atoms with Crippen LogP contribution in [0.15, 0.2) is 54.9 Å². The maximum atomic E-state index is 13.6. The van der Waals surface area contributed by atoms with E-state index in [0.717, 1.165) is 48.1 Å². The third kappa shape index (κ3) is 2.48. The second kappa shape index (κ2) is 6.59. The first-order valence-corrected chi connectivity index (χ1v) is 10.7. The van der Waals surface area contributed by atoms with E-state index < -0.39 is 0 Å². The lowest BCUT2D eigenvalue weighted by Crippen LogP contribution is -2.38. The molecule has 0 spiro atoms. The predicted octanol–water partition coefficient (Wildman–Crippen LogP) is 4.41. The Morgan fingerprint density at radius 2 is 1.97 bits per heavy atom. The minimum Gasteiger partial charge on any atom is -0.348 e. The van der Waals surface area contributed by atoms with E-state index in [9.17, 15) is 4.79 Å². The van der Waals surface area contributed by atoms with Gasteiger partial charge >= 0.3 is 0 Å². The molecule has 2 aromatic heterocycles. The summed E-state index contributed by atoms with van der Waals surface area (Å²) in [4.78, 5) is 23.1. The van der Waals surface area contributed by atoms with Gasteiger partial charge in [-0.05, 0) is 30.9 Å². The molecule has 0 saturated heterocycles. The van der Waals surface area contributed by atoms with E-state index in [1.165, 1.54) is 22.3 Å². The molecule has 150 valence electrons. The van der Waals surface area contributed by atoms with Crippen LogP contribution in [0.3, 0.4) is 0 Å². The molecule has 1 unspecified atom stereocenters. The molecule has 6 rings (SSSR count). The van der Waals surface area contributed by atoms with Gasteiger partial charge in [-0.1, -0.05) is 48.5 Å². The molecule has 1 amide bonds. The molecular weight excluding hydrogens is 372 g/mol. The lowest BCUT2D eigenvalue weighted by Gasteiger charge is -2.31. The number of fused-ring (bicyclic) bond motifs is 3. The molecule has 0 bridgehead atoms. The Kier molecular flexibility index (Phi) is 3.85. The van der Waals surface area contributed by atoms with Gasteiger partial charge in [0.2, 0.25) is 0 Å². The standard InChI is InChI=1S/C25H24N4O/c1-16-20(27-15-26-16)14-28-13-12-22-23(25(28)30)19-9-5-8-18-10-11-21(29(22)24(18)19)17-6-3-2-4-7-17/h2-9,15,21H,10-14H2,1H3,(H,26,27). The highest BCUT2D eigenvalue weighted by molar-refractivity contribution is 6.10. The minimum absolute atomic E-state index is 0.133. The van der Waals surface area contributed by atoms with Crippen LogP contribution >= 0.6 is 0 Å². The van der Waals surface area contributed by atoms with Gasteiger partial charge in [0.25, 0.3) is 5.91 Å². The van der Waals surface area contributed by atoms with Gasteiger partial charge in [-0.25, -0.2) is 4.98 Å². The summed E-state index contributed by atoms with van der Waals surface area (Å²) < 4.78 is 2.48. The first kappa shape index (κ1) is 17.5. The third-order valence-electron chi connectivity index (χ3n) is 6.79. The molecule has 0 fully saturated rings. The van der Waals surface area contributed by atoms with Gasteiger partial charge in [0.05, 0.1) is 35.7 Å².